The summed E-state index contributed by atoms with van der Waals surface area (Å²) in [7, 11) is 0. The fourth-order valence-electron chi connectivity index (χ4n) is 2.70. The van der Waals surface area contributed by atoms with Crippen molar-refractivity contribution in [3.8, 4) is 0 Å². The smallest absolute Gasteiger partial charge is 0.315 e. The predicted molar refractivity (Wildman–Crippen MR) is 91.5 cm³/mol. The first kappa shape index (κ1) is 17.5. The van der Waals surface area contributed by atoms with E-state index in [9.17, 15) is 4.79 Å². The van der Waals surface area contributed by atoms with Gasteiger partial charge in [0, 0.05) is 25.8 Å². The Hall–Kier alpha value is -1.82. The molecule has 1 aliphatic heterocycles. The summed E-state index contributed by atoms with van der Waals surface area (Å²) in [5.41, 5.74) is 0.968. The van der Waals surface area contributed by atoms with Crippen molar-refractivity contribution >= 4 is 11.8 Å². The normalized spacial score (nSPS) is 16.5. The lowest BCUT2D eigenvalue weighted by atomic mass is 10.2. The van der Waals surface area contributed by atoms with Crippen molar-refractivity contribution < 1.29 is 9.90 Å². The number of rotatable bonds is 6. The van der Waals surface area contributed by atoms with Gasteiger partial charge in [-0.2, -0.15) is 0 Å². The molecule has 0 radical (unpaired) electrons. The molecule has 1 aromatic heterocycles. The maximum Gasteiger partial charge on any atom is 0.315 e. The Morgan fingerprint density at radius 3 is 2.61 bits per heavy atom. The summed E-state index contributed by atoms with van der Waals surface area (Å²) in [6.45, 7) is 4.46. The number of amides is 2. The van der Waals surface area contributed by atoms with Gasteiger partial charge in [-0.05, 0) is 30.9 Å². The number of carbonyl (C=O) groups excluding carboxylic acids is 1. The van der Waals surface area contributed by atoms with Gasteiger partial charge in [0.15, 0.2) is 0 Å². The standard InChI is InChI=1S/C17H28N4O2/c1-2-15(13-22)20-17(23)19-12-14-7-8-16(18-11-14)21-9-5-3-4-6-10-21/h7-8,11,15,22H,2-6,9-10,12-13H2,1H3,(H2,19,20,23). The van der Waals surface area contributed by atoms with Crippen molar-refractivity contribution in [1.82, 2.24) is 15.6 Å². The number of nitrogens with one attached hydrogen (secondary N) is 2. The van der Waals surface area contributed by atoms with Crippen molar-refractivity contribution in [1.29, 1.82) is 0 Å². The SMILES string of the molecule is CCC(CO)NC(=O)NCc1ccc(N2CCCCCC2)nc1. The van der Waals surface area contributed by atoms with Crippen LogP contribution in [0.5, 0.6) is 0 Å². The number of aliphatic hydroxyl groups excluding tert-OH is 1. The van der Waals surface area contributed by atoms with Crippen molar-refractivity contribution in [2.75, 3.05) is 24.6 Å². The average molecular weight is 320 g/mol. The van der Waals surface area contributed by atoms with Gasteiger partial charge in [-0.15, -0.1) is 0 Å². The second kappa shape index (κ2) is 9.35. The maximum atomic E-state index is 11.7. The van der Waals surface area contributed by atoms with Crippen molar-refractivity contribution in [2.45, 2.75) is 51.6 Å². The van der Waals surface area contributed by atoms with E-state index in [0.29, 0.717) is 13.0 Å². The molecule has 0 bridgehead atoms. The second-order valence-corrected chi connectivity index (χ2v) is 6.04. The lowest BCUT2D eigenvalue weighted by molar-refractivity contribution is 0.214. The highest BCUT2D eigenvalue weighted by Crippen LogP contribution is 2.17. The number of hydrogen-bond donors (Lipinski definition) is 3. The molecule has 0 saturated carbocycles. The van der Waals surface area contributed by atoms with Crippen LogP contribution < -0.4 is 15.5 Å². The quantitative estimate of drug-likeness (QED) is 0.749. The Balaban J connectivity index is 1.81. The Morgan fingerprint density at radius 1 is 1.30 bits per heavy atom. The van der Waals surface area contributed by atoms with Gasteiger partial charge in [-0.3, -0.25) is 0 Å². The number of hydrogen-bond acceptors (Lipinski definition) is 4. The highest BCUT2D eigenvalue weighted by Gasteiger charge is 2.11. The molecule has 1 atom stereocenters. The van der Waals surface area contributed by atoms with E-state index >= 15 is 0 Å². The molecule has 1 unspecified atom stereocenters. The van der Waals surface area contributed by atoms with Gasteiger partial charge >= 0.3 is 6.03 Å². The molecule has 0 spiro atoms. The first-order valence-corrected chi connectivity index (χ1v) is 8.58. The van der Waals surface area contributed by atoms with Crippen LogP contribution in [0.25, 0.3) is 0 Å². The second-order valence-electron chi connectivity index (χ2n) is 6.04. The van der Waals surface area contributed by atoms with Crippen LogP contribution in [0.4, 0.5) is 10.6 Å². The third kappa shape index (κ3) is 5.71. The zero-order chi connectivity index (χ0) is 16.5. The molecule has 3 N–H and O–H groups in total. The average Bonchev–Trinajstić information content (AvgIpc) is 2.87. The zero-order valence-electron chi connectivity index (χ0n) is 13.9. The molecule has 0 aromatic carbocycles. The van der Waals surface area contributed by atoms with Crippen molar-refractivity contribution in [3.05, 3.63) is 23.9 Å². The molecule has 6 nitrogen and oxygen atoms in total. The highest BCUT2D eigenvalue weighted by atomic mass is 16.3. The van der Waals surface area contributed by atoms with Crippen LogP contribution in [0, 0.1) is 0 Å². The molecule has 1 aromatic rings. The third-order valence-corrected chi connectivity index (χ3v) is 4.24. The van der Waals surface area contributed by atoms with Crippen LogP contribution in [-0.4, -0.2) is 41.9 Å². The molecule has 0 aliphatic carbocycles. The van der Waals surface area contributed by atoms with Crippen LogP contribution in [0.3, 0.4) is 0 Å². The summed E-state index contributed by atoms with van der Waals surface area (Å²) in [5, 5.41) is 14.6. The van der Waals surface area contributed by atoms with E-state index < -0.39 is 0 Å². The Bertz CT molecular complexity index is 466. The molecule has 2 amide bonds. The molecule has 1 aliphatic rings. The number of nitrogens with zero attached hydrogens (tertiary/aromatic N) is 2. The molecule has 2 heterocycles. The number of aromatic nitrogens is 1. The van der Waals surface area contributed by atoms with E-state index in [1.54, 1.807) is 0 Å². The highest BCUT2D eigenvalue weighted by molar-refractivity contribution is 5.74. The van der Waals surface area contributed by atoms with E-state index in [-0.39, 0.29) is 18.7 Å². The van der Waals surface area contributed by atoms with Gasteiger partial charge in [-0.1, -0.05) is 25.8 Å². The van der Waals surface area contributed by atoms with Gasteiger partial charge in [0.05, 0.1) is 12.6 Å². The minimum atomic E-state index is -0.262. The largest absolute Gasteiger partial charge is 0.394 e. The Labute approximate surface area is 138 Å². The number of aliphatic hydroxyl groups is 1. The molecule has 2 rings (SSSR count). The summed E-state index contributed by atoms with van der Waals surface area (Å²) in [6, 6.07) is 3.58. The minimum absolute atomic E-state index is 0.0456. The molecular weight excluding hydrogens is 292 g/mol. The summed E-state index contributed by atoms with van der Waals surface area (Å²) in [6.07, 6.45) is 7.60. The van der Waals surface area contributed by atoms with E-state index in [1.165, 1.54) is 25.7 Å². The van der Waals surface area contributed by atoms with Crippen LogP contribution >= 0.6 is 0 Å². The lowest BCUT2D eigenvalue weighted by Crippen LogP contribution is -2.43. The van der Waals surface area contributed by atoms with Crippen LogP contribution in [0.1, 0.15) is 44.6 Å². The van der Waals surface area contributed by atoms with Crippen molar-refractivity contribution in [3.63, 3.8) is 0 Å². The van der Waals surface area contributed by atoms with E-state index in [4.69, 9.17) is 5.11 Å². The van der Waals surface area contributed by atoms with Gasteiger partial charge in [-0.25, -0.2) is 9.78 Å². The van der Waals surface area contributed by atoms with Crippen LogP contribution in [0.2, 0.25) is 0 Å². The summed E-state index contributed by atoms with van der Waals surface area (Å²) < 4.78 is 0. The van der Waals surface area contributed by atoms with Gasteiger partial charge in [0.25, 0.3) is 0 Å². The van der Waals surface area contributed by atoms with E-state index in [2.05, 4.69) is 20.5 Å². The number of anilines is 1. The van der Waals surface area contributed by atoms with E-state index in [0.717, 1.165) is 24.5 Å². The molecule has 6 heteroatoms. The molecule has 128 valence electrons. The molecule has 1 fully saturated rings. The topological polar surface area (TPSA) is 77.5 Å². The van der Waals surface area contributed by atoms with Gasteiger partial charge in [0.2, 0.25) is 0 Å². The minimum Gasteiger partial charge on any atom is -0.394 e. The molecular formula is C17H28N4O2. The predicted octanol–water partition coefficient (Wildman–Crippen LogP) is 2.03. The molecule has 23 heavy (non-hydrogen) atoms. The zero-order valence-corrected chi connectivity index (χ0v) is 13.9. The first-order valence-electron chi connectivity index (χ1n) is 8.58. The lowest BCUT2D eigenvalue weighted by Gasteiger charge is -2.21. The fourth-order valence-corrected chi connectivity index (χ4v) is 2.70. The third-order valence-electron chi connectivity index (χ3n) is 4.24. The Morgan fingerprint density at radius 2 is 2.04 bits per heavy atom. The van der Waals surface area contributed by atoms with Gasteiger partial charge in [0.1, 0.15) is 5.82 Å². The fraction of sp³-hybridized carbons (Fsp3) is 0.647. The first-order chi connectivity index (χ1) is 11.2. The van der Waals surface area contributed by atoms with Gasteiger partial charge < -0.3 is 20.6 Å². The summed E-state index contributed by atoms with van der Waals surface area (Å²) in [5.74, 6) is 1.02. The van der Waals surface area contributed by atoms with Crippen LogP contribution in [0.15, 0.2) is 18.3 Å². The monoisotopic (exact) mass is 320 g/mol. The number of carbonyl (C=O) groups is 1. The molecule has 1 saturated heterocycles. The van der Waals surface area contributed by atoms with Crippen molar-refractivity contribution in [2.24, 2.45) is 0 Å². The summed E-state index contributed by atoms with van der Waals surface area (Å²) >= 11 is 0. The van der Waals surface area contributed by atoms with E-state index in [1.807, 2.05) is 25.3 Å². The Kier molecular flexibility index (Phi) is 7.13. The summed E-state index contributed by atoms with van der Waals surface area (Å²) in [4.78, 5) is 18.6. The van der Waals surface area contributed by atoms with Crippen LogP contribution in [-0.2, 0) is 6.54 Å². The number of urea groups is 1. The number of pyridine rings is 1. The maximum absolute atomic E-state index is 11.7.